The number of H-pyrrole nitrogens is 1. The van der Waals surface area contributed by atoms with Gasteiger partial charge in [0, 0.05) is 32.1 Å². The van der Waals surface area contributed by atoms with Crippen LogP contribution in [0.5, 0.6) is 5.88 Å². The lowest BCUT2D eigenvalue weighted by atomic mass is 10.1. The summed E-state index contributed by atoms with van der Waals surface area (Å²) in [7, 11) is 4.17. The van der Waals surface area contributed by atoms with Gasteiger partial charge in [0.05, 0.1) is 5.56 Å². The van der Waals surface area contributed by atoms with Crippen molar-refractivity contribution < 1.29 is 5.11 Å². The molecule has 0 radical (unpaired) electrons. The molecule has 0 saturated carbocycles. The molecule has 0 spiro atoms. The maximum atomic E-state index is 11.8. The van der Waals surface area contributed by atoms with Crippen molar-refractivity contribution >= 4 is 0 Å². The summed E-state index contributed by atoms with van der Waals surface area (Å²) in [6.07, 6.45) is 1.13. The third-order valence-corrected chi connectivity index (χ3v) is 3.81. The number of nitrogens with one attached hydrogen (secondary N) is 1. The summed E-state index contributed by atoms with van der Waals surface area (Å²) in [5, 5.41) is 9.76. The predicted octanol–water partition coefficient (Wildman–Crippen LogP) is -0.174. The van der Waals surface area contributed by atoms with Crippen molar-refractivity contribution in [2.75, 3.05) is 33.7 Å². The summed E-state index contributed by atoms with van der Waals surface area (Å²) >= 11 is 0. The number of hydrogen-bond donors (Lipinski definition) is 2. The molecule has 1 aliphatic heterocycles. The van der Waals surface area contributed by atoms with Gasteiger partial charge < -0.3 is 19.9 Å². The number of hydrogen-bond acceptors (Lipinski definition) is 5. The van der Waals surface area contributed by atoms with Crippen molar-refractivity contribution in [3.05, 3.63) is 21.7 Å². The second-order valence-electron chi connectivity index (χ2n) is 5.27. The fourth-order valence-corrected chi connectivity index (χ4v) is 2.49. The maximum absolute atomic E-state index is 11.8. The van der Waals surface area contributed by atoms with Gasteiger partial charge in [-0.2, -0.15) is 0 Å². The van der Waals surface area contributed by atoms with Crippen LogP contribution in [0.3, 0.4) is 0 Å². The van der Waals surface area contributed by atoms with Crippen molar-refractivity contribution in [3.63, 3.8) is 0 Å². The SMILES string of the molecule is CCc1c(O)nc(CC2CN(C)CCN2C)[nH]c1=O. The zero-order valence-corrected chi connectivity index (χ0v) is 11.8. The quantitative estimate of drug-likeness (QED) is 0.794. The molecule has 0 bridgehead atoms. The van der Waals surface area contributed by atoms with Crippen LogP contribution in [-0.4, -0.2) is 64.6 Å². The summed E-state index contributed by atoms with van der Waals surface area (Å²) in [5.74, 6) is 0.430. The molecule has 2 N–H and O–H groups in total. The first-order chi connectivity index (χ1) is 9.01. The number of rotatable bonds is 3. The highest BCUT2D eigenvalue weighted by atomic mass is 16.3. The molecule has 1 saturated heterocycles. The minimum absolute atomic E-state index is 0.131. The Morgan fingerprint density at radius 2 is 2.16 bits per heavy atom. The molecule has 0 amide bonds. The van der Waals surface area contributed by atoms with Crippen molar-refractivity contribution in [2.45, 2.75) is 25.8 Å². The fraction of sp³-hybridized carbons (Fsp3) is 0.692. The Bertz CT molecular complexity index is 500. The highest BCUT2D eigenvalue weighted by Gasteiger charge is 2.23. The highest BCUT2D eigenvalue weighted by molar-refractivity contribution is 5.22. The minimum atomic E-state index is -0.225. The molecule has 1 aliphatic rings. The van der Waals surface area contributed by atoms with E-state index in [1.165, 1.54) is 0 Å². The van der Waals surface area contributed by atoms with Crippen LogP contribution in [0.2, 0.25) is 0 Å². The standard InChI is InChI=1S/C13H22N4O2/c1-4-10-12(18)14-11(15-13(10)19)7-9-8-16(2)5-6-17(9)3/h9H,4-8H2,1-3H3,(H2,14,15,18,19). The van der Waals surface area contributed by atoms with Crippen molar-refractivity contribution in [3.8, 4) is 5.88 Å². The molecule has 6 heteroatoms. The first-order valence-electron chi connectivity index (χ1n) is 6.71. The molecule has 2 rings (SSSR count). The molecule has 1 atom stereocenters. The lowest BCUT2D eigenvalue weighted by Crippen LogP contribution is -2.51. The molecule has 1 fully saturated rings. The third kappa shape index (κ3) is 3.13. The monoisotopic (exact) mass is 266 g/mol. The summed E-state index contributed by atoms with van der Waals surface area (Å²) in [5.41, 5.74) is 0.134. The molecule has 0 aliphatic carbocycles. The Balaban J connectivity index is 2.17. The van der Waals surface area contributed by atoms with Crippen LogP contribution in [-0.2, 0) is 12.8 Å². The smallest absolute Gasteiger partial charge is 0.257 e. The van der Waals surface area contributed by atoms with Crippen LogP contribution in [0.25, 0.3) is 0 Å². The number of nitrogens with zero attached hydrogens (tertiary/aromatic N) is 3. The highest BCUT2D eigenvalue weighted by Crippen LogP contribution is 2.13. The number of aromatic hydroxyl groups is 1. The van der Waals surface area contributed by atoms with E-state index in [1.807, 2.05) is 6.92 Å². The van der Waals surface area contributed by atoms with E-state index in [0.29, 0.717) is 30.3 Å². The number of aromatic nitrogens is 2. The van der Waals surface area contributed by atoms with E-state index in [2.05, 4.69) is 33.9 Å². The van der Waals surface area contributed by atoms with Gasteiger partial charge >= 0.3 is 0 Å². The lowest BCUT2D eigenvalue weighted by Gasteiger charge is -2.37. The molecule has 19 heavy (non-hydrogen) atoms. The van der Waals surface area contributed by atoms with Gasteiger partial charge in [0.1, 0.15) is 5.82 Å². The Hall–Kier alpha value is -1.40. The topological polar surface area (TPSA) is 72.5 Å². The van der Waals surface area contributed by atoms with Crippen molar-refractivity contribution in [1.82, 2.24) is 19.8 Å². The van der Waals surface area contributed by atoms with E-state index in [-0.39, 0.29) is 11.4 Å². The van der Waals surface area contributed by atoms with Gasteiger partial charge in [-0.05, 0) is 20.5 Å². The Morgan fingerprint density at radius 1 is 1.42 bits per heavy atom. The zero-order valence-electron chi connectivity index (χ0n) is 11.8. The summed E-state index contributed by atoms with van der Waals surface area (Å²) < 4.78 is 0. The Morgan fingerprint density at radius 3 is 2.79 bits per heavy atom. The number of piperazine rings is 1. The van der Waals surface area contributed by atoms with Gasteiger partial charge in [0.15, 0.2) is 0 Å². The fourth-order valence-electron chi connectivity index (χ4n) is 2.49. The second kappa shape index (κ2) is 5.71. The van der Waals surface area contributed by atoms with Crippen LogP contribution in [0, 0.1) is 0 Å². The van der Waals surface area contributed by atoms with Gasteiger partial charge in [-0.3, -0.25) is 4.79 Å². The molecular formula is C13H22N4O2. The van der Waals surface area contributed by atoms with Gasteiger partial charge in [0.2, 0.25) is 5.88 Å². The van der Waals surface area contributed by atoms with Gasteiger partial charge in [0.25, 0.3) is 5.56 Å². The van der Waals surface area contributed by atoms with E-state index in [4.69, 9.17) is 0 Å². The molecule has 106 valence electrons. The molecule has 6 nitrogen and oxygen atoms in total. The second-order valence-corrected chi connectivity index (χ2v) is 5.27. The van der Waals surface area contributed by atoms with Crippen LogP contribution in [0.1, 0.15) is 18.3 Å². The normalized spacial score (nSPS) is 21.7. The third-order valence-electron chi connectivity index (χ3n) is 3.81. The largest absolute Gasteiger partial charge is 0.493 e. The molecule has 1 unspecified atom stereocenters. The van der Waals surface area contributed by atoms with Crippen LogP contribution >= 0.6 is 0 Å². The average molecular weight is 266 g/mol. The van der Waals surface area contributed by atoms with Crippen molar-refractivity contribution in [1.29, 1.82) is 0 Å². The minimum Gasteiger partial charge on any atom is -0.493 e. The average Bonchev–Trinajstić information content (AvgIpc) is 2.33. The van der Waals surface area contributed by atoms with Crippen molar-refractivity contribution in [2.24, 2.45) is 0 Å². The lowest BCUT2D eigenvalue weighted by molar-refractivity contribution is 0.113. The van der Waals surface area contributed by atoms with E-state index < -0.39 is 0 Å². The van der Waals surface area contributed by atoms with E-state index >= 15 is 0 Å². The molecule has 1 aromatic heterocycles. The number of likely N-dealkylation sites (N-methyl/N-ethyl adjacent to an activating group) is 2. The first-order valence-corrected chi connectivity index (χ1v) is 6.71. The molecular weight excluding hydrogens is 244 g/mol. The molecule has 1 aromatic rings. The zero-order chi connectivity index (χ0) is 14.0. The molecule has 0 aromatic carbocycles. The van der Waals surface area contributed by atoms with Crippen LogP contribution in [0.4, 0.5) is 0 Å². The Labute approximate surface area is 113 Å². The van der Waals surface area contributed by atoms with E-state index in [0.717, 1.165) is 19.6 Å². The van der Waals surface area contributed by atoms with Gasteiger partial charge in [-0.1, -0.05) is 6.92 Å². The number of aromatic amines is 1. The maximum Gasteiger partial charge on any atom is 0.257 e. The Kier molecular flexibility index (Phi) is 4.21. The van der Waals surface area contributed by atoms with E-state index in [1.54, 1.807) is 0 Å². The van der Waals surface area contributed by atoms with Crippen LogP contribution < -0.4 is 5.56 Å². The van der Waals surface area contributed by atoms with Crippen LogP contribution in [0.15, 0.2) is 4.79 Å². The molecule has 2 heterocycles. The van der Waals surface area contributed by atoms with Gasteiger partial charge in [-0.15, -0.1) is 0 Å². The summed E-state index contributed by atoms with van der Waals surface area (Å²) in [6, 6.07) is 0.314. The van der Waals surface area contributed by atoms with Gasteiger partial charge in [-0.25, -0.2) is 4.98 Å². The first kappa shape index (κ1) is 14.0. The summed E-state index contributed by atoms with van der Waals surface area (Å²) in [6.45, 7) is 4.83. The summed E-state index contributed by atoms with van der Waals surface area (Å²) in [4.78, 5) is 23.2. The predicted molar refractivity (Wildman–Crippen MR) is 73.5 cm³/mol. The van der Waals surface area contributed by atoms with E-state index in [9.17, 15) is 9.90 Å².